The molecule has 6 heteroatoms. The Hall–Kier alpha value is -2.44. The number of fused-ring (bicyclic) bond motifs is 1. The van der Waals surface area contributed by atoms with Crippen LogP contribution in [0, 0.1) is 13.8 Å². The second kappa shape index (κ2) is 7.43. The molecule has 1 aliphatic rings. The molecule has 0 aromatic carbocycles. The summed E-state index contributed by atoms with van der Waals surface area (Å²) in [4.78, 5) is 6.88. The van der Waals surface area contributed by atoms with E-state index in [1.807, 2.05) is 55.1 Å². The number of rotatable bonds is 5. The number of aromatic nitrogens is 3. The van der Waals surface area contributed by atoms with Crippen molar-refractivity contribution in [2.75, 3.05) is 6.54 Å². The van der Waals surface area contributed by atoms with E-state index >= 15 is 0 Å². The molecule has 0 saturated carbocycles. The van der Waals surface area contributed by atoms with Gasteiger partial charge in [-0.05, 0) is 44.2 Å². The van der Waals surface area contributed by atoms with Gasteiger partial charge in [0.05, 0.1) is 37.2 Å². The minimum Gasteiger partial charge on any atom is -0.465 e. The summed E-state index contributed by atoms with van der Waals surface area (Å²) in [6.45, 7) is 7.66. The normalized spacial score (nSPS) is 17.8. The lowest BCUT2D eigenvalue weighted by molar-refractivity contribution is 0.00468. The molecule has 1 unspecified atom stereocenters. The first-order valence-corrected chi connectivity index (χ1v) is 8.98. The third-order valence-corrected chi connectivity index (χ3v) is 4.62. The summed E-state index contributed by atoms with van der Waals surface area (Å²) in [6, 6.07) is 12.2. The van der Waals surface area contributed by atoms with Crippen LogP contribution in [0.5, 0.6) is 0 Å². The summed E-state index contributed by atoms with van der Waals surface area (Å²) in [5.41, 5.74) is 3.17. The van der Waals surface area contributed by atoms with Crippen molar-refractivity contribution in [2.24, 2.45) is 0 Å². The predicted octanol–water partition coefficient (Wildman–Crippen LogP) is 3.09. The lowest BCUT2D eigenvalue weighted by Gasteiger charge is -2.23. The third kappa shape index (κ3) is 4.03. The Kier molecular flexibility index (Phi) is 4.86. The molecular weight excluding hydrogens is 328 g/mol. The van der Waals surface area contributed by atoms with E-state index in [0.29, 0.717) is 6.61 Å². The highest BCUT2D eigenvalue weighted by Gasteiger charge is 2.23. The number of hydrogen-bond acceptors (Lipinski definition) is 5. The largest absolute Gasteiger partial charge is 0.465 e. The number of furan rings is 1. The van der Waals surface area contributed by atoms with E-state index in [4.69, 9.17) is 9.15 Å². The fourth-order valence-corrected chi connectivity index (χ4v) is 3.39. The van der Waals surface area contributed by atoms with E-state index in [9.17, 15) is 0 Å². The molecular formula is C20H24N4O2. The van der Waals surface area contributed by atoms with Gasteiger partial charge in [0.15, 0.2) is 0 Å². The molecule has 0 radical (unpaired) electrons. The van der Waals surface area contributed by atoms with Crippen LogP contribution in [0.25, 0.3) is 0 Å². The molecule has 6 nitrogen and oxygen atoms in total. The Morgan fingerprint density at radius 3 is 2.88 bits per heavy atom. The van der Waals surface area contributed by atoms with Crippen LogP contribution in [-0.4, -0.2) is 32.3 Å². The van der Waals surface area contributed by atoms with Gasteiger partial charge in [0.25, 0.3) is 0 Å². The molecule has 4 rings (SSSR count). The molecule has 1 aliphatic heterocycles. The van der Waals surface area contributed by atoms with Crippen LogP contribution in [0.4, 0.5) is 0 Å². The Morgan fingerprint density at radius 2 is 2.08 bits per heavy atom. The number of ether oxygens (including phenoxy) is 1. The van der Waals surface area contributed by atoms with Crippen molar-refractivity contribution in [1.82, 2.24) is 19.7 Å². The number of hydrogen-bond donors (Lipinski definition) is 0. The van der Waals surface area contributed by atoms with Crippen molar-refractivity contribution < 1.29 is 9.15 Å². The number of nitrogens with zero attached hydrogens (tertiary/aromatic N) is 4. The van der Waals surface area contributed by atoms with Crippen molar-refractivity contribution in [3.63, 3.8) is 0 Å². The Morgan fingerprint density at radius 1 is 1.15 bits per heavy atom. The van der Waals surface area contributed by atoms with Gasteiger partial charge in [-0.3, -0.25) is 14.6 Å². The summed E-state index contributed by atoms with van der Waals surface area (Å²) in [7, 11) is 0. The minimum absolute atomic E-state index is 0.0505. The van der Waals surface area contributed by atoms with Gasteiger partial charge < -0.3 is 9.15 Å². The highest BCUT2D eigenvalue weighted by molar-refractivity contribution is 5.10. The second-order valence-corrected chi connectivity index (χ2v) is 6.89. The lowest BCUT2D eigenvalue weighted by Crippen LogP contribution is -2.32. The van der Waals surface area contributed by atoms with Crippen LogP contribution < -0.4 is 0 Å². The van der Waals surface area contributed by atoms with Gasteiger partial charge in [0.1, 0.15) is 11.5 Å². The first-order chi connectivity index (χ1) is 12.7. The molecule has 1 atom stereocenters. The fourth-order valence-electron chi connectivity index (χ4n) is 3.39. The van der Waals surface area contributed by atoms with E-state index < -0.39 is 0 Å². The van der Waals surface area contributed by atoms with Crippen LogP contribution in [0.3, 0.4) is 0 Å². The predicted molar refractivity (Wildman–Crippen MR) is 97.3 cm³/mol. The van der Waals surface area contributed by atoms with Crippen LogP contribution in [0.15, 0.2) is 47.0 Å². The average molecular weight is 352 g/mol. The maximum atomic E-state index is 6.21. The summed E-state index contributed by atoms with van der Waals surface area (Å²) >= 11 is 0. The monoisotopic (exact) mass is 352 g/mol. The maximum absolute atomic E-state index is 6.21. The van der Waals surface area contributed by atoms with Crippen molar-refractivity contribution in [3.8, 4) is 0 Å². The van der Waals surface area contributed by atoms with E-state index in [1.165, 1.54) is 5.69 Å². The standard InChI is InChI=1S/C20H24N4O2/c1-15-4-3-5-17(22-15)14-25-20-12-23(11-19-7-6-16(2)26-19)10-18-8-9-21-24(18)13-20/h3-9,20H,10-14H2,1-2H3. The van der Waals surface area contributed by atoms with Crippen LogP contribution in [0.1, 0.15) is 28.6 Å². The van der Waals surface area contributed by atoms with E-state index in [2.05, 4.69) is 21.0 Å². The number of aryl methyl sites for hydroxylation is 2. The molecule has 136 valence electrons. The van der Waals surface area contributed by atoms with E-state index in [1.54, 1.807) is 0 Å². The molecule has 0 fully saturated rings. The quantitative estimate of drug-likeness (QED) is 0.706. The first-order valence-electron chi connectivity index (χ1n) is 8.98. The molecule has 3 aromatic rings. The fraction of sp³-hybridized carbons (Fsp3) is 0.400. The second-order valence-electron chi connectivity index (χ2n) is 6.89. The summed E-state index contributed by atoms with van der Waals surface area (Å²) in [6.07, 6.45) is 1.91. The summed E-state index contributed by atoms with van der Waals surface area (Å²) in [5, 5.41) is 4.45. The molecule has 0 saturated heterocycles. The first kappa shape index (κ1) is 17.0. The molecule has 0 amide bonds. The van der Waals surface area contributed by atoms with Gasteiger partial charge in [0.2, 0.25) is 0 Å². The van der Waals surface area contributed by atoms with Crippen LogP contribution in [-0.2, 0) is 31.0 Å². The molecule has 4 heterocycles. The highest BCUT2D eigenvalue weighted by Crippen LogP contribution is 2.18. The molecule has 0 N–H and O–H groups in total. The van der Waals surface area contributed by atoms with Gasteiger partial charge in [0, 0.05) is 25.0 Å². The minimum atomic E-state index is 0.0505. The zero-order valence-corrected chi connectivity index (χ0v) is 15.3. The Balaban J connectivity index is 1.47. The zero-order valence-electron chi connectivity index (χ0n) is 15.3. The average Bonchev–Trinajstić information content (AvgIpc) is 3.18. The maximum Gasteiger partial charge on any atom is 0.118 e. The van der Waals surface area contributed by atoms with Crippen molar-refractivity contribution in [1.29, 1.82) is 0 Å². The van der Waals surface area contributed by atoms with E-state index in [0.717, 1.165) is 49.1 Å². The molecule has 0 aliphatic carbocycles. The Labute approximate surface area is 153 Å². The summed E-state index contributed by atoms with van der Waals surface area (Å²) < 4.78 is 14.0. The molecule has 3 aromatic heterocycles. The van der Waals surface area contributed by atoms with Gasteiger partial charge >= 0.3 is 0 Å². The van der Waals surface area contributed by atoms with Crippen LogP contribution in [0.2, 0.25) is 0 Å². The SMILES string of the molecule is Cc1cccc(COC2CN(Cc3ccc(C)o3)Cc3ccnn3C2)n1. The molecule has 0 bridgehead atoms. The smallest absolute Gasteiger partial charge is 0.118 e. The van der Waals surface area contributed by atoms with Crippen LogP contribution >= 0.6 is 0 Å². The van der Waals surface area contributed by atoms with Crippen molar-refractivity contribution in [3.05, 3.63) is 71.2 Å². The lowest BCUT2D eigenvalue weighted by atomic mass is 10.3. The van der Waals surface area contributed by atoms with Gasteiger partial charge in [-0.25, -0.2) is 0 Å². The highest BCUT2D eigenvalue weighted by atomic mass is 16.5. The van der Waals surface area contributed by atoms with Crippen molar-refractivity contribution >= 4 is 0 Å². The third-order valence-electron chi connectivity index (χ3n) is 4.62. The van der Waals surface area contributed by atoms with Gasteiger partial charge in [-0.1, -0.05) is 6.07 Å². The topological polar surface area (TPSA) is 56.3 Å². The summed E-state index contributed by atoms with van der Waals surface area (Å²) in [5.74, 6) is 1.92. The zero-order chi connectivity index (χ0) is 17.9. The van der Waals surface area contributed by atoms with Gasteiger partial charge in [-0.15, -0.1) is 0 Å². The molecule has 26 heavy (non-hydrogen) atoms. The molecule has 0 spiro atoms. The van der Waals surface area contributed by atoms with Gasteiger partial charge in [-0.2, -0.15) is 5.10 Å². The number of pyridine rings is 1. The van der Waals surface area contributed by atoms with E-state index in [-0.39, 0.29) is 6.10 Å². The Bertz CT molecular complexity index is 870. The van der Waals surface area contributed by atoms with Crippen molar-refractivity contribution in [2.45, 2.75) is 46.2 Å².